The van der Waals surface area contributed by atoms with Gasteiger partial charge in [0.15, 0.2) is 6.29 Å². The van der Waals surface area contributed by atoms with Crippen molar-refractivity contribution in [1.29, 1.82) is 0 Å². The predicted molar refractivity (Wildman–Crippen MR) is 121 cm³/mol. The van der Waals surface area contributed by atoms with Crippen LogP contribution < -0.4 is 0 Å². The summed E-state index contributed by atoms with van der Waals surface area (Å²) in [6.45, 7) is -1.34. The molecule has 2 aliphatic heterocycles. The molecule has 3 rings (SSSR count). The second-order valence-corrected chi connectivity index (χ2v) is 9.06. The zero-order valence-electron chi connectivity index (χ0n) is 20.0. The molecule has 2 fully saturated rings. The van der Waals surface area contributed by atoms with E-state index in [2.05, 4.69) is 0 Å². The number of Topliss-reactive ketones (excluding diaryl/α,β-unsaturated/α-hetero) is 1. The number of aliphatic hydroxyl groups excluding tert-OH is 7. The highest BCUT2D eigenvalue weighted by Gasteiger charge is 2.50. The smallest absolute Gasteiger partial charge is 0.306 e. The summed E-state index contributed by atoms with van der Waals surface area (Å²) in [5.74, 6) is -1.03. The third-order valence-electron chi connectivity index (χ3n) is 6.38. The number of aliphatic hydroxyl groups is 7. The Balaban J connectivity index is 1.51. The van der Waals surface area contributed by atoms with E-state index in [0.29, 0.717) is 0 Å². The van der Waals surface area contributed by atoms with Crippen LogP contribution in [0.2, 0.25) is 0 Å². The summed E-state index contributed by atoms with van der Waals surface area (Å²) in [6.07, 6.45) is -16.1. The van der Waals surface area contributed by atoms with E-state index in [1.807, 2.05) is 6.07 Å². The largest absolute Gasteiger partial charge is 0.461 e. The second-order valence-electron chi connectivity index (χ2n) is 9.06. The molecule has 37 heavy (non-hydrogen) atoms. The van der Waals surface area contributed by atoms with Gasteiger partial charge >= 0.3 is 5.97 Å². The average Bonchev–Trinajstić information content (AvgIpc) is 2.90. The Morgan fingerprint density at radius 2 is 1.41 bits per heavy atom. The summed E-state index contributed by atoms with van der Waals surface area (Å²) >= 11 is 0. The third-order valence-corrected chi connectivity index (χ3v) is 6.38. The number of esters is 1. The minimum atomic E-state index is -1.78. The zero-order chi connectivity index (χ0) is 27.1. The van der Waals surface area contributed by atoms with Crippen LogP contribution in [0.3, 0.4) is 0 Å². The molecule has 1 aromatic carbocycles. The molecular weight excluding hydrogens is 496 g/mol. The van der Waals surface area contributed by atoms with Crippen molar-refractivity contribution >= 4 is 11.8 Å². The van der Waals surface area contributed by atoms with Crippen LogP contribution in [0.25, 0.3) is 0 Å². The van der Waals surface area contributed by atoms with Gasteiger partial charge in [0.1, 0.15) is 61.2 Å². The maximum atomic E-state index is 12.4. The Hall–Kier alpha value is -2.04. The first-order valence-corrected chi connectivity index (χ1v) is 12.0. The van der Waals surface area contributed by atoms with E-state index >= 15 is 0 Å². The Morgan fingerprint density at radius 3 is 2.05 bits per heavy atom. The van der Waals surface area contributed by atoms with Gasteiger partial charge in [-0.05, 0) is 5.56 Å². The first-order chi connectivity index (χ1) is 17.7. The molecule has 0 spiro atoms. The van der Waals surface area contributed by atoms with Gasteiger partial charge < -0.3 is 54.7 Å². The van der Waals surface area contributed by atoms with Crippen LogP contribution in [-0.4, -0.2) is 122 Å². The van der Waals surface area contributed by atoms with Crippen molar-refractivity contribution in [3.8, 4) is 0 Å². The summed E-state index contributed by atoms with van der Waals surface area (Å²) in [4.78, 5) is 24.4. The van der Waals surface area contributed by atoms with E-state index in [1.165, 1.54) is 0 Å². The van der Waals surface area contributed by atoms with E-state index < -0.39 is 86.2 Å². The van der Waals surface area contributed by atoms with Crippen molar-refractivity contribution in [2.24, 2.45) is 0 Å². The van der Waals surface area contributed by atoms with Crippen LogP contribution in [0.15, 0.2) is 30.3 Å². The van der Waals surface area contributed by atoms with E-state index in [4.69, 9.17) is 18.9 Å². The fourth-order valence-electron chi connectivity index (χ4n) is 4.21. The van der Waals surface area contributed by atoms with Crippen LogP contribution in [0, 0.1) is 0 Å². The molecular formula is C24H34O13. The molecule has 7 N–H and O–H groups in total. The molecule has 0 aliphatic carbocycles. The van der Waals surface area contributed by atoms with E-state index in [0.717, 1.165) is 5.56 Å². The maximum absolute atomic E-state index is 12.4. The molecule has 2 aliphatic rings. The van der Waals surface area contributed by atoms with Crippen molar-refractivity contribution < 1.29 is 64.3 Å². The number of ether oxygens (including phenoxy) is 4. The highest BCUT2D eigenvalue weighted by atomic mass is 16.7. The van der Waals surface area contributed by atoms with Crippen LogP contribution in [0.4, 0.5) is 0 Å². The predicted octanol–water partition coefficient (Wildman–Crippen LogP) is -2.86. The molecule has 0 aromatic heterocycles. The van der Waals surface area contributed by atoms with Gasteiger partial charge in [0.05, 0.1) is 25.7 Å². The Kier molecular flexibility index (Phi) is 10.9. The van der Waals surface area contributed by atoms with Gasteiger partial charge in [-0.25, -0.2) is 0 Å². The summed E-state index contributed by atoms with van der Waals surface area (Å²) in [5, 5.41) is 70.2. The van der Waals surface area contributed by atoms with Crippen LogP contribution >= 0.6 is 0 Å². The van der Waals surface area contributed by atoms with Gasteiger partial charge in [-0.1, -0.05) is 30.3 Å². The van der Waals surface area contributed by atoms with Gasteiger partial charge in [0.2, 0.25) is 0 Å². The lowest BCUT2D eigenvalue weighted by Gasteiger charge is -2.46. The van der Waals surface area contributed by atoms with Gasteiger partial charge in [-0.3, -0.25) is 9.59 Å². The molecule has 1 aromatic rings. The summed E-state index contributed by atoms with van der Waals surface area (Å²) in [6, 6.07) is 9.01. The Bertz CT molecular complexity index is 863. The SMILES string of the molecule is O=C(CCC(=O)OCc1ccccc1)C[C@@H]1O[C@H](CO)[C@@H](O[C@@H]2O[C@H](CO)[C@H](O)[C@H](O)[C@H]2O)[C@H](O)[C@H]1O. The quantitative estimate of drug-likeness (QED) is 0.144. The molecule has 13 heteroatoms. The molecule has 208 valence electrons. The van der Waals surface area contributed by atoms with Gasteiger partial charge in [0.25, 0.3) is 0 Å². The van der Waals surface area contributed by atoms with Gasteiger partial charge in [-0.2, -0.15) is 0 Å². The van der Waals surface area contributed by atoms with E-state index in [-0.39, 0.29) is 25.9 Å². The third kappa shape index (κ3) is 7.51. The van der Waals surface area contributed by atoms with Crippen molar-refractivity contribution in [2.45, 2.75) is 87.1 Å². The zero-order valence-corrected chi connectivity index (χ0v) is 20.0. The van der Waals surface area contributed by atoms with E-state index in [9.17, 15) is 45.3 Å². The standard InChI is InChI=1S/C24H34O13/c25-9-15-19(30)20(31)22(33)24(36-15)37-23-16(10-26)35-14(18(29)21(23)32)8-13(27)6-7-17(28)34-11-12-4-2-1-3-5-12/h1-5,14-16,18-26,29-33H,6-11H2/t14-,15+,16+,18-,19-,20-,21+,22+,23+,24-/m0/s1. The molecule has 0 unspecified atom stereocenters. The molecule has 0 radical (unpaired) electrons. The average molecular weight is 531 g/mol. The van der Waals surface area contributed by atoms with Crippen molar-refractivity contribution in [1.82, 2.24) is 0 Å². The Labute approximate surface area is 212 Å². The summed E-state index contributed by atoms with van der Waals surface area (Å²) in [5.41, 5.74) is 0.797. The number of benzene rings is 1. The monoisotopic (exact) mass is 530 g/mol. The molecule has 10 atom stereocenters. The number of ketones is 1. The normalized spacial score (nSPS) is 36.2. The highest BCUT2D eigenvalue weighted by Crippen LogP contribution is 2.30. The van der Waals surface area contributed by atoms with Gasteiger partial charge in [-0.15, -0.1) is 0 Å². The molecule has 13 nitrogen and oxygen atoms in total. The summed E-state index contributed by atoms with van der Waals surface area (Å²) in [7, 11) is 0. The number of rotatable bonds is 11. The van der Waals surface area contributed by atoms with Crippen molar-refractivity contribution in [3.05, 3.63) is 35.9 Å². The molecule has 0 bridgehead atoms. The lowest BCUT2D eigenvalue weighted by atomic mass is 9.91. The second kappa shape index (κ2) is 13.7. The lowest BCUT2D eigenvalue weighted by Crippen LogP contribution is -2.64. The minimum Gasteiger partial charge on any atom is -0.461 e. The number of hydrogen-bond donors (Lipinski definition) is 7. The molecule has 0 amide bonds. The molecule has 0 saturated carbocycles. The van der Waals surface area contributed by atoms with Crippen molar-refractivity contribution in [2.75, 3.05) is 13.2 Å². The van der Waals surface area contributed by atoms with Gasteiger partial charge in [0, 0.05) is 12.8 Å². The number of hydrogen-bond acceptors (Lipinski definition) is 13. The Morgan fingerprint density at radius 1 is 0.757 bits per heavy atom. The first kappa shape index (κ1) is 29.5. The molecule has 2 saturated heterocycles. The topological polar surface area (TPSA) is 213 Å². The minimum absolute atomic E-state index is 0.0680. The number of carbonyl (C=O) groups excluding carboxylic acids is 2. The maximum Gasteiger partial charge on any atom is 0.306 e. The lowest BCUT2D eigenvalue weighted by molar-refractivity contribution is -0.341. The van der Waals surface area contributed by atoms with E-state index in [1.54, 1.807) is 24.3 Å². The fourth-order valence-corrected chi connectivity index (χ4v) is 4.21. The number of carbonyl (C=O) groups is 2. The van der Waals surface area contributed by atoms with Crippen molar-refractivity contribution in [3.63, 3.8) is 0 Å². The fraction of sp³-hybridized carbons (Fsp3) is 0.667. The van der Waals surface area contributed by atoms with Crippen LogP contribution in [0.1, 0.15) is 24.8 Å². The summed E-state index contributed by atoms with van der Waals surface area (Å²) < 4.78 is 21.4. The first-order valence-electron chi connectivity index (χ1n) is 12.0. The van der Waals surface area contributed by atoms with Crippen LogP contribution in [-0.2, 0) is 35.1 Å². The molecule has 2 heterocycles. The highest BCUT2D eigenvalue weighted by molar-refractivity contribution is 5.83. The van der Waals surface area contributed by atoms with Crippen LogP contribution in [0.5, 0.6) is 0 Å².